The van der Waals surface area contributed by atoms with Crippen molar-refractivity contribution in [3.63, 3.8) is 0 Å². The van der Waals surface area contributed by atoms with Gasteiger partial charge in [0.15, 0.2) is 0 Å². The first kappa shape index (κ1) is 22.2. The van der Waals surface area contributed by atoms with Gasteiger partial charge in [-0.05, 0) is 68.1 Å². The van der Waals surface area contributed by atoms with Crippen molar-refractivity contribution in [1.29, 1.82) is 0 Å². The van der Waals surface area contributed by atoms with Gasteiger partial charge in [0.25, 0.3) is 5.54 Å². The fraction of sp³-hybridized carbons (Fsp3) is 0.409. The number of hydrogen-bond donors (Lipinski definition) is 1. The van der Waals surface area contributed by atoms with E-state index in [1.807, 2.05) is 12.0 Å². The second-order valence-electron chi connectivity index (χ2n) is 6.27. The van der Waals surface area contributed by atoms with Gasteiger partial charge in [-0.15, -0.1) is 0 Å². The molecule has 154 valence electrons. The van der Waals surface area contributed by atoms with E-state index in [4.69, 9.17) is 9.47 Å². The number of carbonyl (C=O) groups excluding carboxylic acids is 1. The summed E-state index contributed by atoms with van der Waals surface area (Å²) in [5, 5.41) is 2.19. The van der Waals surface area contributed by atoms with Crippen molar-refractivity contribution in [2.75, 3.05) is 19.0 Å². The maximum Gasteiger partial charge on any atom is 0.434 e. The molecule has 4 nitrogen and oxygen atoms in total. The molecule has 0 saturated carbocycles. The van der Waals surface area contributed by atoms with E-state index < -0.39 is 17.7 Å². The average Bonchev–Trinajstić information content (AvgIpc) is 2.70. The van der Waals surface area contributed by atoms with E-state index in [1.165, 1.54) is 32.2 Å². The molecule has 1 aromatic carbocycles. The first-order valence-corrected chi connectivity index (χ1v) is 9.21. The van der Waals surface area contributed by atoms with Gasteiger partial charge in [0, 0.05) is 0 Å². The SMILES string of the molecule is CCOC(=O)C(C#CC#CC1=CCCCC1)(Nc1ccccc1OC)C(F)(F)F. The fourth-order valence-electron chi connectivity index (χ4n) is 2.77. The number of anilines is 1. The fourth-order valence-corrected chi connectivity index (χ4v) is 2.77. The van der Waals surface area contributed by atoms with Gasteiger partial charge in [0.1, 0.15) is 5.75 Å². The summed E-state index contributed by atoms with van der Waals surface area (Å²) in [6, 6.07) is 5.94. The Bertz CT molecular complexity index is 884. The minimum Gasteiger partial charge on any atom is -0.495 e. The first-order chi connectivity index (χ1) is 13.8. The highest BCUT2D eigenvalue weighted by atomic mass is 19.4. The van der Waals surface area contributed by atoms with Crippen molar-refractivity contribution in [3.05, 3.63) is 35.9 Å². The summed E-state index contributed by atoms with van der Waals surface area (Å²) in [4.78, 5) is 12.4. The Balaban J connectivity index is 2.49. The molecule has 0 radical (unpaired) electrons. The van der Waals surface area contributed by atoms with E-state index >= 15 is 0 Å². The maximum absolute atomic E-state index is 14.1. The maximum atomic E-state index is 14.1. The van der Waals surface area contributed by atoms with Crippen molar-refractivity contribution in [2.24, 2.45) is 0 Å². The minimum atomic E-state index is -5.07. The molecule has 0 bridgehead atoms. The highest BCUT2D eigenvalue weighted by Gasteiger charge is 2.62. The highest BCUT2D eigenvalue weighted by Crippen LogP contribution is 2.37. The Kier molecular flexibility index (Phi) is 7.61. The number of nitrogens with one attached hydrogen (secondary N) is 1. The Labute approximate surface area is 168 Å². The quantitative estimate of drug-likeness (QED) is 0.580. The lowest BCUT2D eigenvalue weighted by atomic mass is 9.98. The average molecular weight is 405 g/mol. The molecule has 2 rings (SSSR count). The van der Waals surface area contributed by atoms with Crippen LogP contribution >= 0.6 is 0 Å². The van der Waals surface area contributed by atoms with Crippen molar-refractivity contribution < 1.29 is 27.4 Å². The Hall–Kier alpha value is -3.06. The van der Waals surface area contributed by atoms with E-state index in [9.17, 15) is 18.0 Å². The van der Waals surface area contributed by atoms with E-state index in [1.54, 1.807) is 6.07 Å². The molecule has 0 aromatic heterocycles. The standard InChI is InChI=1S/C22H22F3NO3/c1-3-29-20(27)21(22(23,24)25,26-18-14-7-8-15-19(18)28-2)16-10-9-13-17-11-5-4-6-12-17/h7-8,11,14-15,26H,3-6,12H2,1-2H3. The molecule has 0 fully saturated rings. The van der Waals surface area contributed by atoms with Gasteiger partial charge in [0.2, 0.25) is 0 Å². The van der Waals surface area contributed by atoms with E-state index in [-0.39, 0.29) is 18.0 Å². The Morgan fingerprint density at radius 3 is 2.59 bits per heavy atom. The second kappa shape index (κ2) is 9.93. The summed E-state index contributed by atoms with van der Waals surface area (Å²) in [5.41, 5.74) is -2.48. The monoisotopic (exact) mass is 405 g/mol. The van der Waals surface area contributed by atoms with Gasteiger partial charge in [-0.25, -0.2) is 4.79 Å². The lowest BCUT2D eigenvalue weighted by molar-refractivity contribution is -0.188. The van der Waals surface area contributed by atoms with Crippen molar-refractivity contribution in [1.82, 2.24) is 0 Å². The molecule has 0 aliphatic heterocycles. The lowest BCUT2D eigenvalue weighted by Crippen LogP contribution is -2.58. The first-order valence-electron chi connectivity index (χ1n) is 9.21. The Morgan fingerprint density at radius 2 is 1.97 bits per heavy atom. The predicted octanol–water partition coefficient (Wildman–Crippen LogP) is 4.48. The smallest absolute Gasteiger partial charge is 0.434 e. The number of para-hydroxylation sites is 2. The normalized spacial score (nSPS) is 15.4. The number of methoxy groups -OCH3 is 1. The van der Waals surface area contributed by atoms with Crippen molar-refractivity contribution >= 4 is 11.7 Å². The van der Waals surface area contributed by atoms with Gasteiger partial charge in [-0.2, -0.15) is 13.2 Å². The molecule has 1 atom stereocenters. The van der Waals surface area contributed by atoms with Gasteiger partial charge in [-0.1, -0.05) is 24.1 Å². The van der Waals surface area contributed by atoms with E-state index in [2.05, 4.69) is 23.1 Å². The molecule has 0 amide bonds. The molecule has 0 heterocycles. The van der Waals surface area contributed by atoms with Crippen LogP contribution in [0.25, 0.3) is 0 Å². The van der Waals surface area contributed by atoms with E-state index in [0.717, 1.165) is 31.3 Å². The highest BCUT2D eigenvalue weighted by molar-refractivity contribution is 5.91. The van der Waals surface area contributed by atoms with Crippen LogP contribution in [0.15, 0.2) is 35.9 Å². The minimum absolute atomic E-state index is 0.0439. The molecule has 0 spiro atoms. The summed E-state index contributed by atoms with van der Waals surface area (Å²) in [6.07, 6.45) is 0.601. The summed E-state index contributed by atoms with van der Waals surface area (Å²) < 4.78 is 52.0. The molecule has 1 aliphatic carbocycles. The number of benzene rings is 1. The van der Waals surface area contributed by atoms with Crippen LogP contribution < -0.4 is 10.1 Å². The van der Waals surface area contributed by atoms with Gasteiger partial charge >= 0.3 is 12.1 Å². The van der Waals surface area contributed by atoms with Gasteiger partial charge < -0.3 is 14.8 Å². The number of halogens is 3. The zero-order valence-electron chi connectivity index (χ0n) is 16.3. The van der Waals surface area contributed by atoms with E-state index in [0.29, 0.717) is 0 Å². The third kappa shape index (κ3) is 5.48. The molecule has 29 heavy (non-hydrogen) atoms. The molecule has 1 aromatic rings. The molecule has 1 N–H and O–H groups in total. The molecular weight excluding hydrogens is 383 g/mol. The molecule has 1 aliphatic rings. The molecule has 7 heteroatoms. The topological polar surface area (TPSA) is 47.6 Å². The number of carbonyl (C=O) groups is 1. The molecular formula is C22H22F3NO3. The van der Waals surface area contributed by atoms with Crippen LogP contribution in [0.2, 0.25) is 0 Å². The van der Waals surface area contributed by atoms with Gasteiger partial charge in [-0.3, -0.25) is 0 Å². The van der Waals surface area contributed by atoms with Crippen LogP contribution in [0.5, 0.6) is 5.75 Å². The van der Waals surface area contributed by atoms with Crippen LogP contribution in [0.3, 0.4) is 0 Å². The van der Waals surface area contributed by atoms with Crippen molar-refractivity contribution in [2.45, 2.75) is 44.3 Å². The van der Waals surface area contributed by atoms with Crippen LogP contribution in [-0.2, 0) is 9.53 Å². The predicted molar refractivity (Wildman–Crippen MR) is 104 cm³/mol. The zero-order chi connectivity index (χ0) is 21.3. The largest absolute Gasteiger partial charge is 0.495 e. The Morgan fingerprint density at radius 1 is 1.21 bits per heavy atom. The van der Waals surface area contributed by atoms with Crippen molar-refractivity contribution in [3.8, 4) is 29.4 Å². The zero-order valence-corrected chi connectivity index (χ0v) is 16.3. The molecule has 0 saturated heterocycles. The number of alkyl halides is 3. The summed E-state index contributed by atoms with van der Waals surface area (Å²) in [5.74, 6) is 7.96. The second-order valence-corrected chi connectivity index (χ2v) is 6.27. The number of ether oxygens (including phenoxy) is 2. The summed E-state index contributed by atoms with van der Waals surface area (Å²) in [6.45, 7) is 1.19. The third-order valence-electron chi connectivity index (χ3n) is 4.26. The van der Waals surface area contributed by atoms with Crippen LogP contribution in [0.1, 0.15) is 32.6 Å². The summed E-state index contributed by atoms with van der Waals surface area (Å²) >= 11 is 0. The molecule has 1 unspecified atom stereocenters. The number of hydrogen-bond acceptors (Lipinski definition) is 4. The van der Waals surface area contributed by atoms with Crippen LogP contribution in [-0.4, -0.2) is 31.4 Å². The lowest BCUT2D eigenvalue weighted by Gasteiger charge is -2.30. The number of allylic oxidation sites excluding steroid dienone is 2. The summed E-state index contributed by atoms with van der Waals surface area (Å²) in [7, 11) is 1.31. The number of rotatable bonds is 5. The van der Waals surface area contributed by atoms with Crippen LogP contribution in [0, 0.1) is 23.7 Å². The third-order valence-corrected chi connectivity index (χ3v) is 4.26. The van der Waals surface area contributed by atoms with Crippen LogP contribution in [0.4, 0.5) is 18.9 Å². The number of esters is 1. The van der Waals surface area contributed by atoms with Gasteiger partial charge in [0.05, 0.1) is 19.4 Å².